The SMILES string of the molecule is CC(C(=CC=C(N)C#CC(C)(C)O)c1cnc2[nH]ccc2c1)C(Cc1cc(F)cc(F)c1)NC(=O)CN=C1C(=C(N)C(F)(F)F)C2CC2C1(F)F. The van der Waals surface area contributed by atoms with Gasteiger partial charge in [-0.05, 0) is 85.6 Å². The van der Waals surface area contributed by atoms with Gasteiger partial charge < -0.3 is 26.9 Å². The second kappa shape index (κ2) is 13.9. The van der Waals surface area contributed by atoms with E-state index in [0.29, 0.717) is 22.9 Å². The second-order valence-electron chi connectivity index (χ2n) is 13.2. The van der Waals surface area contributed by atoms with Crippen LogP contribution in [-0.2, 0) is 11.2 Å². The lowest BCUT2D eigenvalue weighted by Crippen LogP contribution is -2.43. The summed E-state index contributed by atoms with van der Waals surface area (Å²) in [5.41, 5.74) is 8.22. The molecular weight excluding hydrogens is 681 g/mol. The van der Waals surface area contributed by atoms with Crippen LogP contribution in [0.4, 0.5) is 30.7 Å². The third kappa shape index (κ3) is 8.62. The third-order valence-corrected chi connectivity index (χ3v) is 8.68. The molecule has 2 aliphatic rings. The maximum absolute atomic E-state index is 15.1. The maximum atomic E-state index is 15.1. The molecule has 270 valence electrons. The molecule has 15 heteroatoms. The number of fused-ring (bicyclic) bond motifs is 2. The number of benzene rings is 1. The zero-order valence-electron chi connectivity index (χ0n) is 27.7. The first-order valence-corrected chi connectivity index (χ1v) is 15.8. The standard InChI is InChI=1S/C36H35F7N6O2/c1-18(25(5-4-24(44)6-8-34(2,3)51)21-13-20-7-9-46-33(20)48-16-21)28(12-19-10-22(37)14-23(38)11-19)49-29(50)17-47-32-30(31(45)36(41,42)43)26-15-27(26)35(32,39)40/h4-5,7,9-11,13-14,16,18,26-28,51H,12,15,17,44-45H2,1-3H3,(H,46,48)(H,49,50). The fourth-order valence-electron chi connectivity index (χ4n) is 6.13. The first kappa shape index (κ1) is 37.2. The number of aliphatic hydroxyl groups is 1. The number of hydrogen-bond donors (Lipinski definition) is 5. The second-order valence-corrected chi connectivity index (χ2v) is 13.2. The van der Waals surface area contributed by atoms with Crippen LogP contribution in [0.3, 0.4) is 0 Å². The minimum absolute atomic E-state index is 0.0682. The van der Waals surface area contributed by atoms with Crippen LogP contribution in [0.2, 0.25) is 0 Å². The van der Waals surface area contributed by atoms with Gasteiger partial charge in [0.05, 0.1) is 5.70 Å². The number of aliphatic imine (C=N–C) groups is 1. The average Bonchev–Trinajstić information content (AvgIpc) is 3.62. The number of carbonyl (C=O) groups is 1. The molecule has 7 N–H and O–H groups in total. The normalized spacial score (nSPS) is 21.9. The fraction of sp³-hybridized carbons (Fsp3) is 0.361. The number of hydrogen-bond acceptors (Lipinski definition) is 6. The summed E-state index contributed by atoms with van der Waals surface area (Å²) in [5.74, 6) is -4.40. The van der Waals surface area contributed by atoms with Gasteiger partial charge in [-0.1, -0.05) is 18.9 Å². The highest BCUT2D eigenvalue weighted by Crippen LogP contribution is 2.62. The third-order valence-electron chi connectivity index (χ3n) is 8.68. The summed E-state index contributed by atoms with van der Waals surface area (Å²) in [6, 6.07) is 5.39. The smallest absolute Gasteiger partial charge is 0.394 e. The Bertz CT molecular complexity index is 2010. The van der Waals surface area contributed by atoms with E-state index in [-0.39, 0.29) is 24.1 Å². The molecule has 1 amide bonds. The molecule has 2 aromatic heterocycles. The molecule has 1 aromatic carbocycles. The van der Waals surface area contributed by atoms with Crippen LogP contribution in [0.5, 0.6) is 0 Å². The monoisotopic (exact) mass is 716 g/mol. The fourth-order valence-corrected chi connectivity index (χ4v) is 6.13. The molecule has 2 fully saturated rings. The molecule has 51 heavy (non-hydrogen) atoms. The predicted molar refractivity (Wildman–Crippen MR) is 178 cm³/mol. The summed E-state index contributed by atoms with van der Waals surface area (Å²) < 4.78 is 99.0. The van der Waals surface area contributed by atoms with Crippen molar-refractivity contribution in [2.45, 2.75) is 57.4 Å². The van der Waals surface area contributed by atoms with E-state index in [1.54, 1.807) is 37.5 Å². The molecule has 4 unspecified atom stereocenters. The van der Waals surface area contributed by atoms with Crippen LogP contribution in [0.25, 0.3) is 16.6 Å². The number of H-pyrrole nitrogens is 1. The molecule has 0 bridgehead atoms. The Morgan fingerprint density at radius 1 is 1.18 bits per heavy atom. The number of aromatic nitrogens is 2. The quantitative estimate of drug-likeness (QED) is 0.110. The molecule has 0 saturated heterocycles. The Morgan fingerprint density at radius 3 is 2.51 bits per heavy atom. The number of allylic oxidation sites excluding steroid dienone is 5. The first-order valence-electron chi connectivity index (χ1n) is 15.8. The number of aromatic amines is 1. The molecule has 4 atom stereocenters. The zero-order chi connectivity index (χ0) is 37.5. The number of rotatable bonds is 9. The summed E-state index contributed by atoms with van der Waals surface area (Å²) >= 11 is 0. The minimum Gasteiger partial charge on any atom is -0.394 e. The van der Waals surface area contributed by atoms with E-state index in [1.165, 1.54) is 19.9 Å². The lowest BCUT2D eigenvalue weighted by Gasteiger charge is -2.28. The number of alkyl halides is 5. The molecule has 0 aliphatic heterocycles. The summed E-state index contributed by atoms with van der Waals surface area (Å²) in [7, 11) is 0. The summed E-state index contributed by atoms with van der Waals surface area (Å²) in [6.07, 6.45) is 0.863. The van der Waals surface area contributed by atoms with Crippen LogP contribution < -0.4 is 16.8 Å². The summed E-state index contributed by atoms with van der Waals surface area (Å²) in [5, 5.41) is 13.4. The molecule has 0 radical (unpaired) electrons. The highest BCUT2D eigenvalue weighted by Gasteiger charge is 2.68. The van der Waals surface area contributed by atoms with Crippen molar-refractivity contribution >= 4 is 28.2 Å². The Balaban J connectivity index is 1.52. The van der Waals surface area contributed by atoms with E-state index < -0.39 is 82.6 Å². The van der Waals surface area contributed by atoms with Crippen molar-refractivity contribution in [2.75, 3.05) is 6.54 Å². The van der Waals surface area contributed by atoms with Crippen molar-refractivity contribution in [3.8, 4) is 11.8 Å². The van der Waals surface area contributed by atoms with Gasteiger partial charge in [-0.3, -0.25) is 9.79 Å². The number of halogens is 7. The van der Waals surface area contributed by atoms with Gasteiger partial charge in [0.2, 0.25) is 5.91 Å². The van der Waals surface area contributed by atoms with Crippen molar-refractivity contribution in [3.63, 3.8) is 0 Å². The van der Waals surface area contributed by atoms with Crippen molar-refractivity contribution in [3.05, 3.63) is 94.6 Å². The van der Waals surface area contributed by atoms with Crippen molar-refractivity contribution in [2.24, 2.45) is 34.2 Å². The molecule has 2 aliphatic carbocycles. The van der Waals surface area contributed by atoms with E-state index >= 15 is 8.78 Å². The number of amides is 1. The lowest BCUT2D eigenvalue weighted by molar-refractivity contribution is -0.120. The zero-order valence-corrected chi connectivity index (χ0v) is 27.7. The van der Waals surface area contributed by atoms with E-state index in [2.05, 4.69) is 32.1 Å². The maximum Gasteiger partial charge on any atom is 0.431 e. The lowest BCUT2D eigenvalue weighted by atomic mass is 9.85. The summed E-state index contributed by atoms with van der Waals surface area (Å²) in [6.45, 7) is 3.66. The Labute approximate surface area is 288 Å². The van der Waals surface area contributed by atoms with E-state index in [0.717, 1.165) is 17.5 Å². The van der Waals surface area contributed by atoms with E-state index in [1.807, 2.05) is 0 Å². The number of nitrogens with one attached hydrogen (secondary N) is 2. The minimum atomic E-state index is -5.08. The van der Waals surface area contributed by atoms with E-state index in [9.17, 15) is 31.9 Å². The van der Waals surface area contributed by atoms with Crippen molar-refractivity contribution in [1.29, 1.82) is 0 Å². The molecule has 8 nitrogen and oxygen atoms in total. The van der Waals surface area contributed by atoms with Crippen LogP contribution in [0, 0.1) is 41.2 Å². The first-order chi connectivity index (χ1) is 23.7. The van der Waals surface area contributed by atoms with Crippen LogP contribution in [0.1, 0.15) is 38.3 Å². The number of nitrogens with zero attached hydrogens (tertiary/aromatic N) is 2. The molecular formula is C36H35F7N6O2. The molecule has 0 spiro atoms. The predicted octanol–water partition coefficient (Wildman–Crippen LogP) is 5.71. The Hall–Kier alpha value is -5.10. The van der Waals surface area contributed by atoms with Crippen LogP contribution in [0.15, 0.2) is 76.8 Å². The molecule has 2 heterocycles. The van der Waals surface area contributed by atoms with Crippen molar-refractivity contribution in [1.82, 2.24) is 15.3 Å². The topological polar surface area (TPSA) is 142 Å². The highest BCUT2D eigenvalue weighted by atomic mass is 19.4. The van der Waals surface area contributed by atoms with Crippen LogP contribution >= 0.6 is 0 Å². The number of carbonyl (C=O) groups excluding carboxylic acids is 1. The van der Waals surface area contributed by atoms with Gasteiger partial charge in [-0.25, -0.2) is 13.8 Å². The Kier molecular flexibility index (Phi) is 10.1. The van der Waals surface area contributed by atoms with E-state index in [4.69, 9.17) is 11.5 Å². The molecule has 3 aromatic rings. The van der Waals surface area contributed by atoms with Gasteiger partial charge in [-0.15, -0.1) is 0 Å². The molecule has 2 saturated carbocycles. The molecule has 5 rings (SSSR count). The van der Waals surface area contributed by atoms with Gasteiger partial charge in [-0.2, -0.15) is 22.0 Å². The number of pyridine rings is 1. The largest absolute Gasteiger partial charge is 0.431 e. The Morgan fingerprint density at radius 2 is 1.86 bits per heavy atom. The van der Waals surface area contributed by atoms with Gasteiger partial charge in [0.1, 0.15) is 40.8 Å². The van der Waals surface area contributed by atoms with Gasteiger partial charge in [0.15, 0.2) is 0 Å². The average molecular weight is 717 g/mol. The highest BCUT2D eigenvalue weighted by molar-refractivity contribution is 6.11. The summed E-state index contributed by atoms with van der Waals surface area (Å²) in [4.78, 5) is 24.4. The van der Waals surface area contributed by atoms with Gasteiger partial charge in [0.25, 0.3) is 5.92 Å². The van der Waals surface area contributed by atoms with Gasteiger partial charge in [0, 0.05) is 47.3 Å². The number of nitrogens with two attached hydrogens (primary N) is 2. The van der Waals surface area contributed by atoms with Crippen molar-refractivity contribution < 1.29 is 40.6 Å². The van der Waals surface area contributed by atoms with Crippen LogP contribution in [-0.4, -0.2) is 57.0 Å². The van der Waals surface area contributed by atoms with Gasteiger partial charge >= 0.3 is 6.18 Å².